The Labute approximate surface area is 90.2 Å². The van der Waals surface area contributed by atoms with Gasteiger partial charge in [-0.05, 0) is 13.0 Å². The third-order valence-electron chi connectivity index (χ3n) is 2.21. The van der Waals surface area contributed by atoms with Gasteiger partial charge in [0.15, 0.2) is 0 Å². The number of nitrogens with one attached hydrogen (secondary N) is 1. The summed E-state index contributed by atoms with van der Waals surface area (Å²) < 4.78 is 0. The Morgan fingerprint density at radius 3 is 2.93 bits per heavy atom. The number of halogens is 1. The van der Waals surface area contributed by atoms with Crippen LogP contribution in [0.5, 0.6) is 0 Å². The van der Waals surface area contributed by atoms with Gasteiger partial charge >= 0.3 is 0 Å². The zero-order chi connectivity index (χ0) is 8.93. The van der Waals surface area contributed by atoms with Gasteiger partial charge in [-0.1, -0.05) is 0 Å². The first kappa shape index (κ1) is 11.2. The van der Waals surface area contributed by atoms with Crippen molar-refractivity contribution in [1.82, 2.24) is 15.3 Å². The van der Waals surface area contributed by atoms with Gasteiger partial charge in [0, 0.05) is 32.0 Å². The summed E-state index contributed by atoms with van der Waals surface area (Å²) in [5.41, 5.74) is 0. The SMILES string of the molecule is Cl.c1cnc(N2CCCNCC2)cn1. The summed E-state index contributed by atoms with van der Waals surface area (Å²) in [5, 5.41) is 3.36. The predicted octanol–water partition coefficient (Wildman–Crippen LogP) is 0.698. The molecular formula is C9H15ClN4. The Kier molecular flexibility index (Phi) is 4.62. The maximum absolute atomic E-state index is 4.28. The number of rotatable bonds is 1. The molecule has 0 saturated carbocycles. The van der Waals surface area contributed by atoms with E-state index in [-0.39, 0.29) is 12.4 Å². The molecule has 1 aliphatic heterocycles. The van der Waals surface area contributed by atoms with Crippen molar-refractivity contribution < 1.29 is 0 Å². The van der Waals surface area contributed by atoms with E-state index >= 15 is 0 Å². The number of anilines is 1. The molecule has 0 amide bonds. The Balaban J connectivity index is 0.000000980. The van der Waals surface area contributed by atoms with Crippen molar-refractivity contribution >= 4 is 18.2 Å². The molecule has 1 N–H and O–H groups in total. The fraction of sp³-hybridized carbons (Fsp3) is 0.556. The molecule has 4 nitrogen and oxygen atoms in total. The van der Waals surface area contributed by atoms with Crippen molar-refractivity contribution in [2.24, 2.45) is 0 Å². The average Bonchev–Trinajstić information content (AvgIpc) is 2.47. The first-order valence-electron chi connectivity index (χ1n) is 4.68. The molecule has 0 unspecified atom stereocenters. The third-order valence-corrected chi connectivity index (χ3v) is 2.21. The van der Waals surface area contributed by atoms with E-state index in [0.717, 1.165) is 32.0 Å². The maximum Gasteiger partial charge on any atom is 0.147 e. The summed E-state index contributed by atoms with van der Waals surface area (Å²) in [6.45, 7) is 4.25. The molecular weight excluding hydrogens is 200 g/mol. The van der Waals surface area contributed by atoms with E-state index in [2.05, 4.69) is 20.2 Å². The lowest BCUT2D eigenvalue weighted by molar-refractivity contribution is 0.724. The van der Waals surface area contributed by atoms with Crippen molar-refractivity contribution in [3.05, 3.63) is 18.6 Å². The standard InChI is InChI=1S/C9H14N4.ClH/c1-2-10-5-7-13(6-1)9-8-11-3-4-12-9;/h3-4,8,10H,1-2,5-7H2;1H. The molecule has 2 rings (SSSR count). The van der Waals surface area contributed by atoms with Gasteiger partial charge in [0.2, 0.25) is 0 Å². The molecule has 0 atom stereocenters. The molecule has 1 aliphatic rings. The molecule has 0 bridgehead atoms. The van der Waals surface area contributed by atoms with Gasteiger partial charge in [-0.25, -0.2) is 4.98 Å². The quantitative estimate of drug-likeness (QED) is 0.747. The second-order valence-electron chi connectivity index (χ2n) is 3.15. The number of hydrogen-bond donors (Lipinski definition) is 1. The van der Waals surface area contributed by atoms with Gasteiger partial charge in [0.1, 0.15) is 5.82 Å². The summed E-state index contributed by atoms with van der Waals surface area (Å²) in [5.74, 6) is 0.992. The predicted molar refractivity (Wildman–Crippen MR) is 59.0 cm³/mol. The van der Waals surface area contributed by atoms with E-state index in [0.29, 0.717) is 0 Å². The normalized spacial score (nSPS) is 17.0. The van der Waals surface area contributed by atoms with Gasteiger partial charge in [-0.15, -0.1) is 12.4 Å². The Morgan fingerprint density at radius 2 is 2.14 bits per heavy atom. The minimum atomic E-state index is 0. The molecule has 0 aromatic carbocycles. The van der Waals surface area contributed by atoms with Crippen LogP contribution in [-0.4, -0.2) is 36.1 Å². The third kappa shape index (κ3) is 2.82. The zero-order valence-electron chi connectivity index (χ0n) is 8.02. The van der Waals surface area contributed by atoms with E-state index in [1.165, 1.54) is 6.42 Å². The lowest BCUT2D eigenvalue weighted by atomic mass is 10.4. The Hall–Kier alpha value is -0.870. The van der Waals surface area contributed by atoms with E-state index in [4.69, 9.17) is 0 Å². The molecule has 5 heteroatoms. The highest BCUT2D eigenvalue weighted by atomic mass is 35.5. The molecule has 14 heavy (non-hydrogen) atoms. The number of aromatic nitrogens is 2. The summed E-state index contributed by atoms with van der Waals surface area (Å²) >= 11 is 0. The number of hydrogen-bond acceptors (Lipinski definition) is 4. The van der Waals surface area contributed by atoms with Crippen LogP contribution in [0.4, 0.5) is 5.82 Å². The van der Waals surface area contributed by atoms with Crippen LogP contribution in [0.15, 0.2) is 18.6 Å². The van der Waals surface area contributed by atoms with Crippen molar-refractivity contribution in [1.29, 1.82) is 0 Å². The monoisotopic (exact) mass is 214 g/mol. The molecule has 2 heterocycles. The summed E-state index contributed by atoms with van der Waals surface area (Å²) in [6.07, 6.45) is 6.45. The van der Waals surface area contributed by atoms with Crippen LogP contribution in [0.25, 0.3) is 0 Å². The van der Waals surface area contributed by atoms with Gasteiger partial charge in [-0.3, -0.25) is 4.98 Å². The van der Waals surface area contributed by atoms with Crippen molar-refractivity contribution in [2.45, 2.75) is 6.42 Å². The highest BCUT2D eigenvalue weighted by Gasteiger charge is 2.09. The fourth-order valence-electron chi connectivity index (χ4n) is 1.53. The summed E-state index contributed by atoms with van der Waals surface area (Å²) in [6, 6.07) is 0. The second-order valence-corrected chi connectivity index (χ2v) is 3.15. The van der Waals surface area contributed by atoms with Gasteiger partial charge in [-0.2, -0.15) is 0 Å². The van der Waals surface area contributed by atoms with Crippen LogP contribution in [-0.2, 0) is 0 Å². The van der Waals surface area contributed by atoms with Crippen molar-refractivity contribution in [2.75, 3.05) is 31.1 Å². The van der Waals surface area contributed by atoms with Crippen LogP contribution < -0.4 is 10.2 Å². The van der Waals surface area contributed by atoms with Crippen molar-refractivity contribution in [3.63, 3.8) is 0 Å². The topological polar surface area (TPSA) is 41.1 Å². The molecule has 0 radical (unpaired) electrons. The van der Waals surface area contributed by atoms with Gasteiger partial charge < -0.3 is 10.2 Å². The first-order valence-corrected chi connectivity index (χ1v) is 4.68. The molecule has 1 aromatic heterocycles. The average molecular weight is 215 g/mol. The molecule has 1 aromatic rings. The van der Waals surface area contributed by atoms with Crippen LogP contribution >= 0.6 is 12.4 Å². The minimum Gasteiger partial charge on any atom is -0.354 e. The first-order chi connectivity index (χ1) is 6.47. The summed E-state index contributed by atoms with van der Waals surface area (Å²) in [4.78, 5) is 10.6. The molecule has 0 spiro atoms. The van der Waals surface area contributed by atoms with E-state index in [1.807, 2.05) is 6.20 Å². The molecule has 0 aliphatic carbocycles. The van der Waals surface area contributed by atoms with Crippen LogP contribution in [0.2, 0.25) is 0 Å². The molecule has 1 fully saturated rings. The van der Waals surface area contributed by atoms with Crippen LogP contribution in [0, 0.1) is 0 Å². The largest absolute Gasteiger partial charge is 0.354 e. The number of nitrogens with zero attached hydrogens (tertiary/aromatic N) is 3. The Bertz CT molecular complexity index is 246. The highest BCUT2D eigenvalue weighted by molar-refractivity contribution is 5.85. The van der Waals surface area contributed by atoms with Crippen LogP contribution in [0.1, 0.15) is 6.42 Å². The second kappa shape index (κ2) is 5.78. The molecule has 78 valence electrons. The van der Waals surface area contributed by atoms with Crippen molar-refractivity contribution in [3.8, 4) is 0 Å². The smallest absolute Gasteiger partial charge is 0.147 e. The Morgan fingerprint density at radius 1 is 1.21 bits per heavy atom. The maximum atomic E-state index is 4.28. The van der Waals surface area contributed by atoms with E-state index in [9.17, 15) is 0 Å². The minimum absolute atomic E-state index is 0. The lowest BCUT2D eigenvalue weighted by Gasteiger charge is -2.19. The lowest BCUT2D eigenvalue weighted by Crippen LogP contribution is -2.28. The zero-order valence-corrected chi connectivity index (χ0v) is 8.83. The molecule has 1 saturated heterocycles. The van der Waals surface area contributed by atoms with E-state index in [1.54, 1.807) is 12.4 Å². The fourth-order valence-corrected chi connectivity index (χ4v) is 1.53. The highest BCUT2D eigenvalue weighted by Crippen LogP contribution is 2.08. The van der Waals surface area contributed by atoms with E-state index < -0.39 is 0 Å². The van der Waals surface area contributed by atoms with Gasteiger partial charge in [0.25, 0.3) is 0 Å². The summed E-state index contributed by atoms with van der Waals surface area (Å²) in [7, 11) is 0. The van der Waals surface area contributed by atoms with Gasteiger partial charge in [0.05, 0.1) is 6.20 Å². The van der Waals surface area contributed by atoms with Crippen LogP contribution in [0.3, 0.4) is 0 Å².